The third-order valence-corrected chi connectivity index (χ3v) is 4.09. The van der Waals surface area contributed by atoms with Crippen LogP contribution in [0.15, 0.2) is 24.3 Å². The molecule has 0 aromatic heterocycles. The lowest BCUT2D eigenvalue weighted by molar-refractivity contribution is -0.133. The van der Waals surface area contributed by atoms with Crippen LogP contribution in [0.2, 0.25) is 0 Å². The van der Waals surface area contributed by atoms with E-state index >= 15 is 0 Å². The molecule has 0 radical (unpaired) electrons. The standard InChI is InChI=1S/C17H26N2O2/c1-13(10-14-6-3-4-8-16(14)21-2)11-17(20)19-9-5-7-15(18)12-19/h3-4,6,8,13,15H,5,7,9-12,18H2,1-2H3/t13-,15-/m0/s1. The summed E-state index contributed by atoms with van der Waals surface area (Å²) in [7, 11) is 1.68. The van der Waals surface area contributed by atoms with Gasteiger partial charge in [-0.1, -0.05) is 25.1 Å². The highest BCUT2D eigenvalue weighted by atomic mass is 16.5. The first-order chi connectivity index (χ1) is 10.1. The molecule has 1 amide bonds. The number of nitrogens with zero attached hydrogens (tertiary/aromatic N) is 1. The average molecular weight is 290 g/mol. The second-order valence-corrected chi connectivity index (χ2v) is 6.07. The first kappa shape index (κ1) is 15.8. The smallest absolute Gasteiger partial charge is 0.222 e. The summed E-state index contributed by atoms with van der Waals surface area (Å²) in [5.74, 6) is 1.43. The first-order valence-corrected chi connectivity index (χ1v) is 7.75. The molecule has 1 aliphatic heterocycles. The van der Waals surface area contributed by atoms with Gasteiger partial charge < -0.3 is 15.4 Å². The van der Waals surface area contributed by atoms with Gasteiger partial charge in [-0.2, -0.15) is 0 Å². The molecule has 0 saturated carbocycles. The van der Waals surface area contributed by atoms with Crippen LogP contribution < -0.4 is 10.5 Å². The average Bonchev–Trinajstić information content (AvgIpc) is 2.47. The number of amides is 1. The quantitative estimate of drug-likeness (QED) is 0.904. The van der Waals surface area contributed by atoms with E-state index < -0.39 is 0 Å². The largest absolute Gasteiger partial charge is 0.496 e. The van der Waals surface area contributed by atoms with Crippen LogP contribution in [-0.2, 0) is 11.2 Å². The number of carbonyl (C=O) groups excluding carboxylic acids is 1. The zero-order valence-corrected chi connectivity index (χ0v) is 13.0. The number of methoxy groups -OCH3 is 1. The monoisotopic (exact) mass is 290 g/mol. The molecule has 4 nitrogen and oxygen atoms in total. The Bertz CT molecular complexity index is 476. The third kappa shape index (κ3) is 4.46. The molecule has 1 aromatic rings. The Morgan fingerprint density at radius 1 is 1.48 bits per heavy atom. The van der Waals surface area contributed by atoms with Gasteiger partial charge in [-0.25, -0.2) is 0 Å². The predicted octanol–water partition coefficient (Wildman–Crippen LogP) is 2.21. The van der Waals surface area contributed by atoms with E-state index in [9.17, 15) is 4.79 Å². The van der Waals surface area contributed by atoms with Crippen molar-refractivity contribution >= 4 is 5.91 Å². The highest BCUT2D eigenvalue weighted by Gasteiger charge is 2.22. The maximum Gasteiger partial charge on any atom is 0.222 e. The van der Waals surface area contributed by atoms with Crippen molar-refractivity contribution in [3.8, 4) is 5.75 Å². The molecule has 0 bridgehead atoms. The van der Waals surface area contributed by atoms with Crippen molar-refractivity contribution in [2.45, 2.75) is 38.6 Å². The van der Waals surface area contributed by atoms with E-state index in [1.54, 1.807) is 7.11 Å². The Hall–Kier alpha value is -1.55. The Morgan fingerprint density at radius 3 is 2.95 bits per heavy atom. The van der Waals surface area contributed by atoms with Crippen LogP contribution in [0.4, 0.5) is 0 Å². The molecule has 0 spiro atoms. The lowest BCUT2D eigenvalue weighted by Crippen LogP contribution is -2.46. The van der Waals surface area contributed by atoms with Gasteiger partial charge in [0, 0.05) is 25.6 Å². The van der Waals surface area contributed by atoms with Gasteiger partial charge in [0.25, 0.3) is 0 Å². The Morgan fingerprint density at radius 2 is 2.24 bits per heavy atom. The van der Waals surface area contributed by atoms with Gasteiger partial charge in [-0.3, -0.25) is 4.79 Å². The molecule has 1 aliphatic rings. The minimum Gasteiger partial charge on any atom is -0.496 e. The fourth-order valence-electron chi connectivity index (χ4n) is 2.98. The van der Waals surface area contributed by atoms with E-state index in [0.29, 0.717) is 18.9 Å². The molecule has 21 heavy (non-hydrogen) atoms. The molecule has 2 atom stereocenters. The van der Waals surface area contributed by atoms with Crippen molar-refractivity contribution in [3.05, 3.63) is 29.8 Å². The topological polar surface area (TPSA) is 55.6 Å². The molecule has 0 aliphatic carbocycles. The summed E-state index contributed by atoms with van der Waals surface area (Å²) >= 11 is 0. The van der Waals surface area contributed by atoms with E-state index in [0.717, 1.165) is 37.1 Å². The summed E-state index contributed by atoms with van der Waals surface area (Å²) in [5.41, 5.74) is 7.11. The number of hydrogen-bond acceptors (Lipinski definition) is 3. The van der Waals surface area contributed by atoms with Crippen molar-refractivity contribution < 1.29 is 9.53 Å². The van der Waals surface area contributed by atoms with Gasteiger partial charge in [-0.15, -0.1) is 0 Å². The van der Waals surface area contributed by atoms with E-state index in [2.05, 4.69) is 13.0 Å². The molecule has 2 N–H and O–H groups in total. The summed E-state index contributed by atoms with van der Waals surface area (Å²) < 4.78 is 5.37. The number of likely N-dealkylation sites (tertiary alicyclic amines) is 1. The molecule has 1 saturated heterocycles. The first-order valence-electron chi connectivity index (χ1n) is 7.75. The predicted molar refractivity (Wildman–Crippen MR) is 84.3 cm³/mol. The summed E-state index contributed by atoms with van der Waals surface area (Å²) in [6.07, 6.45) is 3.48. The van der Waals surface area contributed by atoms with E-state index in [1.807, 2.05) is 23.1 Å². The van der Waals surface area contributed by atoms with Gasteiger partial charge in [0.1, 0.15) is 5.75 Å². The highest BCUT2D eigenvalue weighted by Crippen LogP contribution is 2.23. The van der Waals surface area contributed by atoms with Crippen LogP contribution in [0.3, 0.4) is 0 Å². The summed E-state index contributed by atoms with van der Waals surface area (Å²) in [5, 5.41) is 0. The molecular weight excluding hydrogens is 264 g/mol. The fraction of sp³-hybridized carbons (Fsp3) is 0.588. The van der Waals surface area contributed by atoms with E-state index in [-0.39, 0.29) is 11.9 Å². The molecule has 0 unspecified atom stereocenters. The summed E-state index contributed by atoms with van der Waals surface area (Å²) in [6.45, 7) is 3.68. The van der Waals surface area contributed by atoms with Crippen LogP contribution in [0.5, 0.6) is 5.75 Å². The Labute approximate surface area is 127 Å². The van der Waals surface area contributed by atoms with Crippen molar-refractivity contribution in [3.63, 3.8) is 0 Å². The van der Waals surface area contributed by atoms with Crippen LogP contribution in [0.1, 0.15) is 31.7 Å². The normalized spacial score (nSPS) is 20.1. The molecule has 4 heteroatoms. The van der Waals surface area contributed by atoms with E-state index in [4.69, 9.17) is 10.5 Å². The van der Waals surface area contributed by atoms with E-state index in [1.165, 1.54) is 0 Å². The number of hydrogen-bond donors (Lipinski definition) is 1. The third-order valence-electron chi connectivity index (χ3n) is 4.09. The number of piperidine rings is 1. The summed E-state index contributed by atoms with van der Waals surface area (Å²) in [6, 6.07) is 8.15. The number of benzene rings is 1. The van der Waals surface area contributed by atoms with Gasteiger partial charge in [-0.05, 0) is 36.8 Å². The number of nitrogens with two attached hydrogens (primary N) is 1. The van der Waals surface area contributed by atoms with Crippen molar-refractivity contribution in [2.24, 2.45) is 11.7 Å². The van der Waals surface area contributed by atoms with Gasteiger partial charge in [0.05, 0.1) is 7.11 Å². The Balaban J connectivity index is 1.89. The van der Waals surface area contributed by atoms with Gasteiger partial charge in [0.2, 0.25) is 5.91 Å². The second kappa shape index (κ2) is 7.46. The van der Waals surface area contributed by atoms with Crippen molar-refractivity contribution in [1.82, 2.24) is 4.90 Å². The Kier molecular flexibility index (Phi) is 5.62. The molecular formula is C17H26N2O2. The zero-order valence-electron chi connectivity index (χ0n) is 13.0. The molecule has 1 fully saturated rings. The molecule has 116 valence electrons. The fourth-order valence-corrected chi connectivity index (χ4v) is 2.98. The van der Waals surface area contributed by atoms with Gasteiger partial charge in [0.15, 0.2) is 0 Å². The highest BCUT2D eigenvalue weighted by molar-refractivity contribution is 5.76. The number of carbonyl (C=O) groups is 1. The van der Waals surface area contributed by atoms with Crippen molar-refractivity contribution in [1.29, 1.82) is 0 Å². The van der Waals surface area contributed by atoms with Gasteiger partial charge >= 0.3 is 0 Å². The SMILES string of the molecule is COc1ccccc1C[C@H](C)CC(=O)N1CCC[C@H](N)C1. The number of ether oxygens (including phenoxy) is 1. The number of rotatable bonds is 5. The van der Waals surface area contributed by atoms with Crippen LogP contribution >= 0.6 is 0 Å². The summed E-state index contributed by atoms with van der Waals surface area (Å²) in [4.78, 5) is 14.3. The zero-order chi connectivity index (χ0) is 15.2. The lowest BCUT2D eigenvalue weighted by atomic mass is 9.96. The molecule has 1 aromatic carbocycles. The maximum absolute atomic E-state index is 12.3. The van der Waals surface area contributed by atoms with Crippen LogP contribution in [-0.4, -0.2) is 37.0 Å². The maximum atomic E-state index is 12.3. The molecule has 1 heterocycles. The molecule has 2 rings (SSSR count). The lowest BCUT2D eigenvalue weighted by Gasteiger charge is -2.31. The van der Waals surface area contributed by atoms with Crippen molar-refractivity contribution in [2.75, 3.05) is 20.2 Å². The number of para-hydroxylation sites is 1. The van der Waals surface area contributed by atoms with Crippen LogP contribution in [0, 0.1) is 5.92 Å². The van der Waals surface area contributed by atoms with Crippen LogP contribution in [0.25, 0.3) is 0 Å². The minimum atomic E-state index is 0.146. The minimum absolute atomic E-state index is 0.146. The second-order valence-electron chi connectivity index (χ2n) is 6.07.